The summed E-state index contributed by atoms with van der Waals surface area (Å²) in [6.45, 7) is 3.47. The summed E-state index contributed by atoms with van der Waals surface area (Å²) < 4.78 is 10.2. The number of rotatable bonds is 9. The quantitative estimate of drug-likeness (QED) is 0.457. The van der Waals surface area contributed by atoms with Crippen molar-refractivity contribution < 1.29 is 33.4 Å². The van der Waals surface area contributed by atoms with Crippen LogP contribution in [0.4, 0.5) is 5.69 Å². The highest BCUT2D eigenvalue weighted by Crippen LogP contribution is 2.23. The minimum absolute atomic E-state index is 0.110. The topological polar surface area (TPSA) is 131 Å². The molecule has 2 aromatic carbocycles. The zero-order chi connectivity index (χ0) is 27.1. The van der Waals surface area contributed by atoms with Crippen LogP contribution in [0.3, 0.4) is 0 Å². The van der Waals surface area contributed by atoms with Crippen LogP contribution in [0.15, 0.2) is 42.5 Å². The molecule has 0 saturated carbocycles. The molecule has 0 bridgehead atoms. The third-order valence-electron chi connectivity index (χ3n) is 5.17. The summed E-state index contributed by atoms with van der Waals surface area (Å²) in [4.78, 5) is 61.2. The number of ether oxygens (including phenoxy) is 2. The number of hydrogen-bond donors (Lipinski definition) is 2. The molecule has 0 aromatic heterocycles. The monoisotopic (exact) mass is 549 g/mol. The van der Waals surface area contributed by atoms with E-state index in [1.54, 1.807) is 0 Å². The first-order valence-corrected chi connectivity index (χ1v) is 12.1. The van der Waals surface area contributed by atoms with Crippen molar-refractivity contribution >= 4 is 58.5 Å². The van der Waals surface area contributed by atoms with E-state index in [0.29, 0.717) is 17.9 Å². The third-order valence-corrected chi connectivity index (χ3v) is 5.91. The molecule has 0 unspecified atom stereocenters. The van der Waals surface area contributed by atoms with Crippen molar-refractivity contribution in [2.45, 2.75) is 20.3 Å². The Balaban J connectivity index is 1.44. The van der Waals surface area contributed by atoms with Gasteiger partial charge in [-0.3, -0.25) is 29.6 Å². The lowest BCUT2D eigenvalue weighted by Crippen LogP contribution is -2.43. The van der Waals surface area contributed by atoms with Crippen molar-refractivity contribution in [2.75, 3.05) is 25.1 Å². The predicted octanol–water partition coefficient (Wildman–Crippen LogP) is 3.48. The van der Waals surface area contributed by atoms with E-state index in [0.717, 1.165) is 5.01 Å². The molecule has 10 nitrogen and oxygen atoms in total. The Hall–Kier alpha value is -3.63. The number of hydrogen-bond acceptors (Lipinski definition) is 7. The Bertz CT molecular complexity index is 1200. The normalized spacial score (nSPS) is 14.9. The van der Waals surface area contributed by atoms with Crippen LogP contribution in [0.25, 0.3) is 0 Å². The maximum atomic E-state index is 12.4. The molecule has 1 aliphatic heterocycles. The number of nitrogens with one attached hydrogen (secondary N) is 2. The van der Waals surface area contributed by atoms with E-state index in [1.807, 2.05) is 13.8 Å². The number of carbonyl (C=O) groups excluding carboxylic acids is 5. The summed E-state index contributed by atoms with van der Waals surface area (Å²) >= 11 is 11.8. The van der Waals surface area contributed by atoms with E-state index >= 15 is 0 Å². The fraction of sp³-hybridized carbons (Fsp3) is 0.320. The molecule has 1 fully saturated rings. The molecule has 196 valence electrons. The number of anilines is 1. The van der Waals surface area contributed by atoms with Crippen molar-refractivity contribution in [3.8, 4) is 0 Å². The Labute approximate surface area is 223 Å². The Morgan fingerprint density at radius 2 is 1.68 bits per heavy atom. The van der Waals surface area contributed by atoms with Crippen LogP contribution in [0.5, 0.6) is 0 Å². The van der Waals surface area contributed by atoms with Crippen molar-refractivity contribution in [1.82, 2.24) is 10.4 Å². The summed E-state index contributed by atoms with van der Waals surface area (Å²) in [5.74, 6) is -3.54. The number of nitrogens with zero attached hydrogens (tertiary/aromatic N) is 1. The second kappa shape index (κ2) is 12.6. The highest BCUT2D eigenvalue weighted by atomic mass is 35.5. The maximum Gasteiger partial charge on any atom is 0.338 e. The lowest BCUT2D eigenvalue weighted by Gasteiger charge is -2.17. The van der Waals surface area contributed by atoms with Crippen LogP contribution in [0.1, 0.15) is 41.0 Å². The number of esters is 2. The highest BCUT2D eigenvalue weighted by molar-refractivity contribution is 6.42. The van der Waals surface area contributed by atoms with E-state index in [2.05, 4.69) is 10.7 Å². The predicted molar refractivity (Wildman–Crippen MR) is 135 cm³/mol. The lowest BCUT2D eigenvalue weighted by molar-refractivity contribution is -0.151. The van der Waals surface area contributed by atoms with Crippen LogP contribution < -0.4 is 10.7 Å². The van der Waals surface area contributed by atoms with Crippen molar-refractivity contribution in [3.63, 3.8) is 0 Å². The van der Waals surface area contributed by atoms with Crippen molar-refractivity contribution in [2.24, 2.45) is 11.8 Å². The van der Waals surface area contributed by atoms with E-state index in [4.69, 9.17) is 32.7 Å². The average molecular weight is 550 g/mol. The standard InChI is InChI=1S/C25H25Cl2N3O7/c1-14(2)12-36-24(34)15-3-6-18(7-4-15)28-21(31)13-37-25(35)17-10-22(32)30(11-17)29-23(33)16-5-8-19(26)20(27)9-16/h3-9,14,17H,10-13H2,1-2H3,(H,28,31)(H,29,33)/t17-/m0/s1. The van der Waals surface area contributed by atoms with Crippen LogP contribution in [0, 0.1) is 11.8 Å². The first-order valence-electron chi connectivity index (χ1n) is 11.3. The Morgan fingerprint density at radius 3 is 2.32 bits per heavy atom. The highest BCUT2D eigenvalue weighted by Gasteiger charge is 2.36. The molecule has 3 rings (SSSR count). The zero-order valence-electron chi connectivity index (χ0n) is 20.1. The molecule has 2 aromatic rings. The van der Waals surface area contributed by atoms with Crippen molar-refractivity contribution in [3.05, 3.63) is 63.6 Å². The largest absolute Gasteiger partial charge is 0.462 e. The minimum Gasteiger partial charge on any atom is -0.462 e. The Morgan fingerprint density at radius 1 is 1.00 bits per heavy atom. The molecule has 1 saturated heterocycles. The van der Waals surface area contributed by atoms with Gasteiger partial charge in [-0.25, -0.2) is 4.79 Å². The van der Waals surface area contributed by atoms with Gasteiger partial charge in [0.15, 0.2) is 6.61 Å². The average Bonchev–Trinajstić information content (AvgIpc) is 3.23. The van der Waals surface area contributed by atoms with Gasteiger partial charge in [-0.15, -0.1) is 0 Å². The molecular formula is C25H25Cl2N3O7. The first-order chi connectivity index (χ1) is 17.5. The molecule has 1 atom stereocenters. The number of hydrazine groups is 1. The molecule has 0 spiro atoms. The number of amides is 3. The molecular weight excluding hydrogens is 525 g/mol. The second-order valence-corrected chi connectivity index (χ2v) is 9.52. The summed E-state index contributed by atoms with van der Waals surface area (Å²) in [5, 5.41) is 4.03. The lowest BCUT2D eigenvalue weighted by atomic mass is 10.1. The maximum absolute atomic E-state index is 12.4. The van der Waals surface area contributed by atoms with E-state index in [9.17, 15) is 24.0 Å². The van der Waals surface area contributed by atoms with Gasteiger partial charge in [0, 0.05) is 17.7 Å². The molecule has 37 heavy (non-hydrogen) atoms. The third kappa shape index (κ3) is 7.93. The molecule has 0 aliphatic carbocycles. The molecule has 2 N–H and O–H groups in total. The molecule has 0 radical (unpaired) electrons. The number of carbonyl (C=O) groups is 5. The summed E-state index contributed by atoms with van der Waals surface area (Å²) in [5.41, 5.74) is 3.34. The van der Waals surface area contributed by atoms with Crippen LogP contribution in [0.2, 0.25) is 10.0 Å². The van der Waals surface area contributed by atoms with E-state index < -0.39 is 42.2 Å². The SMILES string of the molecule is CC(C)COC(=O)c1ccc(NC(=O)COC(=O)[C@H]2CC(=O)N(NC(=O)c3ccc(Cl)c(Cl)c3)C2)cc1. The van der Waals surface area contributed by atoms with Gasteiger partial charge >= 0.3 is 11.9 Å². The van der Waals surface area contributed by atoms with Gasteiger partial charge in [0.05, 0.1) is 34.7 Å². The second-order valence-electron chi connectivity index (χ2n) is 8.70. The van der Waals surface area contributed by atoms with Gasteiger partial charge in [0.25, 0.3) is 11.8 Å². The van der Waals surface area contributed by atoms with Gasteiger partial charge in [-0.1, -0.05) is 37.0 Å². The molecule has 3 amide bonds. The fourth-order valence-electron chi connectivity index (χ4n) is 3.27. The van der Waals surface area contributed by atoms with Gasteiger partial charge in [-0.2, -0.15) is 0 Å². The van der Waals surface area contributed by atoms with Gasteiger partial charge in [0.2, 0.25) is 5.91 Å². The first kappa shape index (κ1) is 27.9. The van der Waals surface area contributed by atoms with Crippen molar-refractivity contribution in [1.29, 1.82) is 0 Å². The smallest absolute Gasteiger partial charge is 0.338 e. The van der Waals surface area contributed by atoms with E-state index in [-0.39, 0.29) is 34.5 Å². The molecule has 12 heteroatoms. The van der Waals surface area contributed by atoms with Crippen LogP contribution >= 0.6 is 23.2 Å². The van der Waals surface area contributed by atoms with E-state index in [1.165, 1.54) is 42.5 Å². The molecule has 1 heterocycles. The number of benzene rings is 2. The fourth-order valence-corrected chi connectivity index (χ4v) is 3.56. The number of halogens is 2. The van der Waals surface area contributed by atoms with Gasteiger partial charge in [0.1, 0.15) is 0 Å². The molecule has 1 aliphatic rings. The van der Waals surface area contributed by atoms with Gasteiger partial charge in [-0.05, 0) is 48.4 Å². The summed E-state index contributed by atoms with van der Waals surface area (Å²) in [7, 11) is 0. The summed E-state index contributed by atoms with van der Waals surface area (Å²) in [6.07, 6.45) is -0.184. The van der Waals surface area contributed by atoms with Crippen LogP contribution in [-0.2, 0) is 23.9 Å². The zero-order valence-corrected chi connectivity index (χ0v) is 21.6. The summed E-state index contributed by atoms with van der Waals surface area (Å²) in [6, 6.07) is 10.3. The minimum atomic E-state index is -0.856. The van der Waals surface area contributed by atoms with Crippen LogP contribution in [-0.4, -0.2) is 54.4 Å². The van der Waals surface area contributed by atoms with Gasteiger partial charge < -0.3 is 14.8 Å². The Kier molecular flexibility index (Phi) is 9.48.